The smallest absolute Gasteiger partial charge is 0.0569 e. The fraction of sp³-hybridized carbons (Fsp3) is 0.111. The summed E-state index contributed by atoms with van der Waals surface area (Å²) in [6, 6.07) is 1.78. The van der Waals surface area contributed by atoms with Gasteiger partial charge in [0.25, 0.3) is 0 Å². The van der Waals surface area contributed by atoms with E-state index in [0.29, 0.717) is 0 Å². The number of hydrogen-bond donors (Lipinski definition) is 2. The zero-order chi connectivity index (χ0) is 9.26. The number of nitrogens with one attached hydrogen (secondary N) is 1. The molecule has 0 fully saturated rings. The molecule has 0 aliphatic carbocycles. The standard InChI is InChI=1S/C9H10N4/c1-6-7(5-12-13-6)8-4-11-3-2-9(8)10/h2-5H,1H3,(H2,10,11)(H,12,13). The van der Waals surface area contributed by atoms with E-state index in [-0.39, 0.29) is 0 Å². The third kappa shape index (κ3) is 1.26. The van der Waals surface area contributed by atoms with Crippen LogP contribution in [-0.4, -0.2) is 15.2 Å². The van der Waals surface area contributed by atoms with Crippen LogP contribution in [0.3, 0.4) is 0 Å². The molecule has 4 heteroatoms. The maximum atomic E-state index is 5.80. The summed E-state index contributed by atoms with van der Waals surface area (Å²) in [6.07, 6.45) is 5.17. The van der Waals surface area contributed by atoms with E-state index in [0.717, 1.165) is 22.5 Å². The lowest BCUT2D eigenvalue weighted by atomic mass is 10.1. The van der Waals surface area contributed by atoms with Crippen LogP contribution < -0.4 is 5.73 Å². The SMILES string of the molecule is Cc1[nH]ncc1-c1cnccc1N. The van der Waals surface area contributed by atoms with Crippen LogP contribution >= 0.6 is 0 Å². The fourth-order valence-corrected chi connectivity index (χ4v) is 1.25. The first-order valence-corrected chi connectivity index (χ1v) is 3.99. The van der Waals surface area contributed by atoms with Crippen LogP contribution in [0.5, 0.6) is 0 Å². The zero-order valence-electron chi connectivity index (χ0n) is 7.28. The van der Waals surface area contributed by atoms with Gasteiger partial charge in [0, 0.05) is 34.9 Å². The van der Waals surface area contributed by atoms with Crippen LogP contribution in [0.4, 0.5) is 5.69 Å². The van der Waals surface area contributed by atoms with Crippen molar-refractivity contribution >= 4 is 5.69 Å². The number of anilines is 1. The Kier molecular flexibility index (Phi) is 1.73. The second-order valence-corrected chi connectivity index (χ2v) is 2.87. The van der Waals surface area contributed by atoms with E-state index in [9.17, 15) is 0 Å². The van der Waals surface area contributed by atoms with Gasteiger partial charge in [0.1, 0.15) is 0 Å². The maximum Gasteiger partial charge on any atom is 0.0569 e. The summed E-state index contributed by atoms with van der Waals surface area (Å²) in [5, 5.41) is 6.79. The molecular weight excluding hydrogens is 164 g/mol. The molecule has 0 unspecified atom stereocenters. The maximum absolute atomic E-state index is 5.80. The van der Waals surface area contributed by atoms with Gasteiger partial charge in [0.15, 0.2) is 0 Å². The highest BCUT2D eigenvalue weighted by Gasteiger charge is 2.06. The summed E-state index contributed by atoms with van der Waals surface area (Å²) < 4.78 is 0. The number of nitrogen functional groups attached to an aromatic ring is 1. The number of H-pyrrole nitrogens is 1. The van der Waals surface area contributed by atoms with Crippen LogP contribution in [-0.2, 0) is 0 Å². The van der Waals surface area contributed by atoms with Gasteiger partial charge in [-0.05, 0) is 13.0 Å². The Morgan fingerprint density at radius 2 is 2.15 bits per heavy atom. The van der Waals surface area contributed by atoms with E-state index >= 15 is 0 Å². The highest BCUT2D eigenvalue weighted by Crippen LogP contribution is 2.25. The van der Waals surface area contributed by atoms with E-state index in [4.69, 9.17) is 5.73 Å². The van der Waals surface area contributed by atoms with Crippen LogP contribution in [0.2, 0.25) is 0 Å². The number of pyridine rings is 1. The molecule has 2 aromatic heterocycles. The molecule has 0 amide bonds. The number of aromatic amines is 1. The van der Waals surface area contributed by atoms with Gasteiger partial charge in [-0.15, -0.1) is 0 Å². The van der Waals surface area contributed by atoms with E-state index in [2.05, 4.69) is 15.2 Å². The van der Waals surface area contributed by atoms with Crippen molar-refractivity contribution in [3.63, 3.8) is 0 Å². The van der Waals surface area contributed by atoms with Crippen molar-refractivity contribution in [2.75, 3.05) is 5.73 Å². The molecular formula is C9H10N4. The van der Waals surface area contributed by atoms with Gasteiger partial charge in [-0.3, -0.25) is 10.1 Å². The summed E-state index contributed by atoms with van der Waals surface area (Å²) in [4.78, 5) is 4.02. The number of aromatic nitrogens is 3. The van der Waals surface area contributed by atoms with Gasteiger partial charge in [-0.25, -0.2) is 0 Å². The molecule has 2 aromatic rings. The normalized spacial score (nSPS) is 10.2. The van der Waals surface area contributed by atoms with Gasteiger partial charge in [0.05, 0.1) is 6.20 Å². The number of rotatable bonds is 1. The Labute approximate surface area is 75.8 Å². The Morgan fingerprint density at radius 1 is 1.31 bits per heavy atom. The third-order valence-corrected chi connectivity index (χ3v) is 1.97. The van der Waals surface area contributed by atoms with Crippen molar-refractivity contribution in [1.29, 1.82) is 0 Å². The Hall–Kier alpha value is -1.84. The number of aryl methyl sites for hydroxylation is 1. The first-order chi connectivity index (χ1) is 6.29. The van der Waals surface area contributed by atoms with Crippen molar-refractivity contribution in [2.24, 2.45) is 0 Å². The molecule has 2 heterocycles. The van der Waals surface area contributed by atoms with E-state index in [1.165, 1.54) is 0 Å². The number of hydrogen-bond acceptors (Lipinski definition) is 3. The molecule has 0 saturated carbocycles. The average Bonchev–Trinajstić information content (AvgIpc) is 2.52. The zero-order valence-corrected chi connectivity index (χ0v) is 7.28. The minimum atomic E-state index is 0.722. The topological polar surface area (TPSA) is 67.6 Å². The largest absolute Gasteiger partial charge is 0.398 e. The lowest BCUT2D eigenvalue weighted by Gasteiger charge is -2.01. The van der Waals surface area contributed by atoms with Crippen molar-refractivity contribution in [2.45, 2.75) is 6.92 Å². The van der Waals surface area contributed by atoms with Crippen molar-refractivity contribution in [1.82, 2.24) is 15.2 Å². The molecule has 4 nitrogen and oxygen atoms in total. The van der Waals surface area contributed by atoms with Gasteiger partial charge in [-0.2, -0.15) is 5.10 Å². The molecule has 0 aromatic carbocycles. The first-order valence-electron chi connectivity index (χ1n) is 3.99. The molecule has 0 spiro atoms. The molecule has 0 bridgehead atoms. The summed E-state index contributed by atoms with van der Waals surface area (Å²) >= 11 is 0. The Morgan fingerprint density at radius 3 is 2.77 bits per heavy atom. The Balaban J connectivity index is 2.59. The second-order valence-electron chi connectivity index (χ2n) is 2.87. The minimum Gasteiger partial charge on any atom is -0.398 e. The molecule has 66 valence electrons. The molecule has 0 aliphatic rings. The predicted molar refractivity (Wildman–Crippen MR) is 51.0 cm³/mol. The van der Waals surface area contributed by atoms with E-state index in [1.54, 1.807) is 24.7 Å². The van der Waals surface area contributed by atoms with Gasteiger partial charge in [-0.1, -0.05) is 0 Å². The molecule has 0 aliphatic heterocycles. The average molecular weight is 174 g/mol. The summed E-state index contributed by atoms with van der Waals surface area (Å²) in [5.74, 6) is 0. The summed E-state index contributed by atoms with van der Waals surface area (Å²) in [7, 11) is 0. The highest BCUT2D eigenvalue weighted by molar-refractivity contribution is 5.76. The van der Waals surface area contributed by atoms with Crippen molar-refractivity contribution in [3.05, 3.63) is 30.4 Å². The number of nitrogens with two attached hydrogens (primary N) is 1. The molecule has 0 atom stereocenters. The quantitative estimate of drug-likeness (QED) is 0.686. The van der Waals surface area contributed by atoms with E-state index in [1.807, 2.05) is 6.92 Å². The van der Waals surface area contributed by atoms with Crippen LogP contribution in [0.1, 0.15) is 5.69 Å². The van der Waals surface area contributed by atoms with Gasteiger partial charge < -0.3 is 5.73 Å². The predicted octanol–water partition coefficient (Wildman–Crippen LogP) is 1.36. The highest BCUT2D eigenvalue weighted by atomic mass is 15.1. The van der Waals surface area contributed by atoms with Crippen molar-refractivity contribution in [3.8, 4) is 11.1 Å². The van der Waals surface area contributed by atoms with Crippen molar-refractivity contribution < 1.29 is 0 Å². The molecule has 13 heavy (non-hydrogen) atoms. The number of nitrogens with zero attached hydrogens (tertiary/aromatic N) is 2. The Bertz CT molecular complexity index is 419. The van der Waals surface area contributed by atoms with Crippen LogP contribution in [0, 0.1) is 6.92 Å². The van der Waals surface area contributed by atoms with Gasteiger partial charge >= 0.3 is 0 Å². The monoisotopic (exact) mass is 174 g/mol. The lowest BCUT2D eigenvalue weighted by molar-refractivity contribution is 1.05. The van der Waals surface area contributed by atoms with Crippen LogP contribution in [0.15, 0.2) is 24.7 Å². The fourth-order valence-electron chi connectivity index (χ4n) is 1.25. The molecule has 0 saturated heterocycles. The first kappa shape index (κ1) is 7.79. The lowest BCUT2D eigenvalue weighted by Crippen LogP contribution is -1.90. The third-order valence-electron chi connectivity index (χ3n) is 1.97. The molecule has 0 radical (unpaired) electrons. The van der Waals surface area contributed by atoms with Gasteiger partial charge in [0.2, 0.25) is 0 Å². The molecule has 3 N–H and O–H groups in total. The molecule has 2 rings (SSSR count). The minimum absolute atomic E-state index is 0.722. The summed E-state index contributed by atoms with van der Waals surface area (Å²) in [6.45, 7) is 1.95. The summed E-state index contributed by atoms with van der Waals surface area (Å²) in [5.41, 5.74) is 9.45. The van der Waals surface area contributed by atoms with Crippen LogP contribution in [0.25, 0.3) is 11.1 Å². The second kappa shape index (κ2) is 2.90. The van der Waals surface area contributed by atoms with E-state index < -0.39 is 0 Å².